The van der Waals surface area contributed by atoms with Crippen LogP contribution >= 0.6 is 0 Å². The summed E-state index contributed by atoms with van der Waals surface area (Å²) < 4.78 is 32.4. The van der Waals surface area contributed by atoms with Gasteiger partial charge in [0.2, 0.25) is 5.91 Å². The molecule has 0 radical (unpaired) electrons. The Hall–Kier alpha value is -2.10. The lowest BCUT2D eigenvalue weighted by atomic mass is 9.95. The molecule has 1 aliphatic rings. The van der Waals surface area contributed by atoms with Crippen molar-refractivity contribution in [2.75, 3.05) is 50.1 Å². The number of nitrogens with two attached hydrogens (primary N) is 1. The first kappa shape index (κ1) is 23.2. The van der Waals surface area contributed by atoms with Gasteiger partial charge in [0.1, 0.15) is 12.6 Å². The first-order valence-electron chi connectivity index (χ1n) is 9.55. The normalized spacial score (nSPS) is 16.4. The minimum absolute atomic E-state index is 0.0301. The van der Waals surface area contributed by atoms with Gasteiger partial charge in [-0.3, -0.25) is 14.5 Å². The van der Waals surface area contributed by atoms with Gasteiger partial charge in [-0.15, -0.1) is 0 Å². The maximum Gasteiger partial charge on any atom is 0.265 e. The van der Waals surface area contributed by atoms with Crippen molar-refractivity contribution in [3.8, 4) is 0 Å². The Balaban J connectivity index is 2.21. The summed E-state index contributed by atoms with van der Waals surface area (Å²) in [5.41, 5.74) is 5.80. The molecule has 1 aliphatic heterocycles. The molecule has 1 aromatic carbocycles. The molecule has 162 valence electrons. The molecular weight excluding hydrogens is 382 g/mol. The van der Waals surface area contributed by atoms with Crippen LogP contribution in [0.5, 0.6) is 0 Å². The summed E-state index contributed by atoms with van der Waals surface area (Å²) >= 11 is 0. The number of morpholine rings is 1. The summed E-state index contributed by atoms with van der Waals surface area (Å²) in [7, 11) is 1.81. The van der Waals surface area contributed by atoms with Crippen LogP contribution in [0.15, 0.2) is 18.2 Å². The van der Waals surface area contributed by atoms with E-state index in [4.69, 9.17) is 10.5 Å². The van der Waals surface area contributed by atoms with Gasteiger partial charge in [0.25, 0.3) is 12.3 Å². The zero-order valence-electron chi connectivity index (χ0n) is 17.4. The molecule has 0 spiro atoms. The molecular formula is C20H30F2N4O3. The Morgan fingerprint density at radius 1 is 1.38 bits per heavy atom. The van der Waals surface area contributed by atoms with Gasteiger partial charge >= 0.3 is 0 Å². The van der Waals surface area contributed by atoms with Gasteiger partial charge in [0.15, 0.2) is 0 Å². The molecule has 1 aromatic rings. The van der Waals surface area contributed by atoms with E-state index in [0.717, 1.165) is 0 Å². The van der Waals surface area contributed by atoms with Crippen LogP contribution in [0.2, 0.25) is 0 Å². The van der Waals surface area contributed by atoms with E-state index in [-0.39, 0.29) is 60.5 Å². The second-order valence-electron chi connectivity index (χ2n) is 8.39. The van der Waals surface area contributed by atoms with Crippen LogP contribution in [0.4, 0.5) is 20.2 Å². The van der Waals surface area contributed by atoms with Crippen molar-refractivity contribution < 1.29 is 23.1 Å². The molecule has 1 fully saturated rings. The molecule has 1 heterocycles. The number of halogens is 2. The number of ether oxygens (including phenoxy) is 1. The monoisotopic (exact) mass is 412 g/mol. The largest absolute Gasteiger partial charge is 0.370 e. The highest BCUT2D eigenvalue weighted by molar-refractivity contribution is 5.97. The van der Waals surface area contributed by atoms with Gasteiger partial charge in [0, 0.05) is 30.9 Å². The predicted octanol–water partition coefficient (Wildman–Crippen LogP) is 2.23. The number of hydrogen-bond donors (Lipinski definition) is 2. The molecule has 0 unspecified atom stereocenters. The average Bonchev–Trinajstić information content (AvgIpc) is 2.61. The minimum Gasteiger partial charge on any atom is -0.370 e. The van der Waals surface area contributed by atoms with Crippen LogP contribution < -0.4 is 16.0 Å². The molecule has 29 heavy (non-hydrogen) atoms. The highest BCUT2D eigenvalue weighted by Gasteiger charge is 2.28. The fourth-order valence-corrected chi connectivity index (χ4v) is 3.40. The third kappa shape index (κ3) is 6.19. The molecule has 0 aromatic heterocycles. The van der Waals surface area contributed by atoms with Gasteiger partial charge in [-0.05, 0) is 30.7 Å². The van der Waals surface area contributed by atoms with Crippen LogP contribution in [0, 0.1) is 5.41 Å². The first-order chi connectivity index (χ1) is 13.5. The second-order valence-corrected chi connectivity index (χ2v) is 8.39. The fourth-order valence-electron chi connectivity index (χ4n) is 3.40. The number of anilines is 2. The van der Waals surface area contributed by atoms with Gasteiger partial charge in [-0.2, -0.15) is 0 Å². The van der Waals surface area contributed by atoms with Gasteiger partial charge < -0.3 is 20.7 Å². The minimum atomic E-state index is -2.80. The highest BCUT2D eigenvalue weighted by atomic mass is 19.3. The van der Waals surface area contributed by atoms with E-state index >= 15 is 0 Å². The van der Waals surface area contributed by atoms with E-state index in [0.29, 0.717) is 6.54 Å². The molecule has 7 nitrogen and oxygen atoms in total. The summed E-state index contributed by atoms with van der Waals surface area (Å²) in [6.07, 6.45) is -2.80. The first-order valence-corrected chi connectivity index (χ1v) is 9.55. The van der Waals surface area contributed by atoms with Crippen molar-refractivity contribution in [3.63, 3.8) is 0 Å². The number of carbonyl (C=O) groups is 2. The molecule has 2 amide bonds. The van der Waals surface area contributed by atoms with Crippen LogP contribution in [0.25, 0.3) is 0 Å². The Labute approximate surface area is 170 Å². The molecule has 2 rings (SSSR count). The Morgan fingerprint density at radius 3 is 2.62 bits per heavy atom. The lowest BCUT2D eigenvalue weighted by Gasteiger charge is -2.32. The fraction of sp³-hybridized carbons (Fsp3) is 0.600. The van der Waals surface area contributed by atoms with Crippen LogP contribution in [-0.2, 0) is 14.3 Å². The molecule has 0 bridgehead atoms. The van der Waals surface area contributed by atoms with E-state index in [9.17, 15) is 18.4 Å². The number of amides is 2. The number of carbonyl (C=O) groups excluding carboxylic acids is 2. The highest BCUT2D eigenvalue weighted by Crippen LogP contribution is 2.33. The average molecular weight is 412 g/mol. The Morgan fingerprint density at radius 2 is 2.07 bits per heavy atom. The number of nitrogens with one attached hydrogen (secondary N) is 1. The van der Waals surface area contributed by atoms with E-state index < -0.39 is 12.5 Å². The van der Waals surface area contributed by atoms with Crippen molar-refractivity contribution in [2.24, 2.45) is 11.1 Å². The molecule has 9 heteroatoms. The zero-order valence-corrected chi connectivity index (χ0v) is 17.4. The predicted molar refractivity (Wildman–Crippen MR) is 108 cm³/mol. The van der Waals surface area contributed by atoms with Gasteiger partial charge in [0.05, 0.1) is 12.3 Å². The van der Waals surface area contributed by atoms with E-state index in [1.165, 1.54) is 23.1 Å². The second kappa shape index (κ2) is 9.60. The molecule has 3 N–H and O–H groups in total. The SMILES string of the molecule is CN(CC(C)(C)C)[C@@H](CN)C(=O)Nc1ccc(N2CCOCC2=O)c(C(F)F)c1. The Bertz CT molecular complexity index is 737. The smallest absolute Gasteiger partial charge is 0.265 e. The van der Waals surface area contributed by atoms with Crippen LogP contribution in [-0.4, -0.2) is 62.7 Å². The van der Waals surface area contributed by atoms with E-state index in [1.807, 2.05) is 4.90 Å². The quantitative estimate of drug-likeness (QED) is 0.717. The van der Waals surface area contributed by atoms with Crippen molar-refractivity contribution >= 4 is 23.2 Å². The third-order valence-corrected chi connectivity index (χ3v) is 4.59. The van der Waals surface area contributed by atoms with Crippen LogP contribution in [0.3, 0.4) is 0 Å². The topological polar surface area (TPSA) is 87.9 Å². The summed E-state index contributed by atoms with van der Waals surface area (Å²) in [5.74, 6) is -0.739. The van der Waals surface area contributed by atoms with Crippen LogP contribution in [0.1, 0.15) is 32.8 Å². The number of likely N-dealkylation sites (N-methyl/N-ethyl adjacent to an activating group) is 1. The third-order valence-electron chi connectivity index (χ3n) is 4.59. The number of hydrogen-bond acceptors (Lipinski definition) is 5. The zero-order chi connectivity index (χ0) is 21.8. The van der Waals surface area contributed by atoms with Gasteiger partial charge in [-0.1, -0.05) is 20.8 Å². The summed E-state index contributed by atoms with van der Waals surface area (Å²) in [4.78, 5) is 27.8. The summed E-state index contributed by atoms with van der Waals surface area (Å²) in [6, 6.07) is 3.55. The molecule has 0 aliphatic carbocycles. The van der Waals surface area contributed by atoms with Crippen molar-refractivity contribution in [1.29, 1.82) is 0 Å². The lowest BCUT2D eigenvalue weighted by molar-refractivity contribution is -0.125. The van der Waals surface area contributed by atoms with E-state index in [2.05, 4.69) is 26.1 Å². The maximum atomic E-state index is 13.7. The maximum absolute atomic E-state index is 13.7. The standard InChI is InChI=1S/C20H30F2N4O3/c1-20(2,3)12-25(4)16(10-23)19(28)24-13-5-6-15(14(9-13)18(21)22)26-7-8-29-11-17(26)27/h5-6,9,16,18H,7-8,10-12,23H2,1-4H3,(H,24,28)/t16-/m0/s1. The summed E-state index contributed by atoms with van der Waals surface area (Å²) in [5, 5.41) is 2.67. The van der Waals surface area contributed by atoms with Crippen molar-refractivity contribution in [1.82, 2.24) is 4.90 Å². The van der Waals surface area contributed by atoms with Crippen molar-refractivity contribution in [2.45, 2.75) is 33.2 Å². The van der Waals surface area contributed by atoms with Crippen molar-refractivity contribution in [3.05, 3.63) is 23.8 Å². The number of rotatable bonds is 7. The lowest BCUT2D eigenvalue weighted by Crippen LogP contribution is -2.49. The Kier molecular flexibility index (Phi) is 7.67. The van der Waals surface area contributed by atoms with Gasteiger partial charge in [-0.25, -0.2) is 8.78 Å². The molecule has 1 saturated heterocycles. The number of benzene rings is 1. The number of alkyl halides is 2. The van der Waals surface area contributed by atoms with E-state index in [1.54, 1.807) is 7.05 Å². The summed E-state index contributed by atoms with van der Waals surface area (Å²) in [6.45, 7) is 7.24. The molecule has 0 saturated carbocycles. The number of nitrogens with zero attached hydrogens (tertiary/aromatic N) is 2. The molecule has 1 atom stereocenters.